The quantitative estimate of drug-likeness (QED) is 0.784. The number of hydrogen-bond donors (Lipinski definition) is 1. The summed E-state index contributed by atoms with van der Waals surface area (Å²) in [7, 11) is 0. The van der Waals surface area contributed by atoms with E-state index in [1.54, 1.807) is 0 Å². The molecule has 2 aromatic carbocycles. The Labute approximate surface area is 144 Å². The number of para-hydroxylation sites is 1. The molecule has 0 radical (unpaired) electrons. The summed E-state index contributed by atoms with van der Waals surface area (Å²) in [6.45, 7) is 0.605. The minimum atomic E-state index is -0.143. The molecule has 1 aliphatic rings. The molecule has 0 saturated heterocycles. The van der Waals surface area contributed by atoms with Gasteiger partial charge in [-0.15, -0.1) is 11.3 Å². The highest BCUT2D eigenvalue weighted by Crippen LogP contribution is 2.32. The Bertz CT molecular complexity index is 861. The number of rotatable bonds is 3. The summed E-state index contributed by atoms with van der Waals surface area (Å²) >= 11 is 1.48. The van der Waals surface area contributed by atoms with E-state index in [4.69, 9.17) is 4.74 Å². The molecule has 1 aromatic heterocycles. The lowest BCUT2D eigenvalue weighted by Crippen LogP contribution is -2.32. The molecule has 1 unspecified atom stereocenters. The average molecular weight is 336 g/mol. The number of benzene rings is 2. The molecule has 0 bridgehead atoms. The van der Waals surface area contributed by atoms with E-state index in [0.717, 1.165) is 28.3 Å². The zero-order valence-electron chi connectivity index (χ0n) is 12.9. The second-order valence-electron chi connectivity index (χ2n) is 5.60. The molecule has 0 spiro atoms. The van der Waals surface area contributed by atoms with Crippen molar-refractivity contribution in [1.82, 2.24) is 10.3 Å². The van der Waals surface area contributed by atoms with Crippen LogP contribution in [0.15, 0.2) is 60.0 Å². The number of aromatic nitrogens is 1. The van der Waals surface area contributed by atoms with Gasteiger partial charge in [-0.2, -0.15) is 0 Å². The molecule has 1 amide bonds. The van der Waals surface area contributed by atoms with Crippen LogP contribution in [0.5, 0.6) is 5.75 Å². The van der Waals surface area contributed by atoms with Gasteiger partial charge < -0.3 is 10.1 Å². The fraction of sp³-hybridized carbons (Fsp3) is 0.158. The molecule has 0 aliphatic carbocycles. The summed E-state index contributed by atoms with van der Waals surface area (Å²) in [5, 5.41) is 5.74. The van der Waals surface area contributed by atoms with Crippen LogP contribution < -0.4 is 10.1 Å². The number of fused-ring (bicyclic) bond motifs is 1. The van der Waals surface area contributed by atoms with Crippen molar-refractivity contribution >= 4 is 17.2 Å². The number of carbonyl (C=O) groups is 1. The lowest BCUT2D eigenvalue weighted by atomic mass is 10.0. The molecule has 1 N–H and O–H groups in total. The maximum absolute atomic E-state index is 12.6. The highest BCUT2D eigenvalue weighted by molar-refractivity contribution is 7.13. The van der Waals surface area contributed by atoms with Gasteiger partial charge >= 0.3 is 0 Å². The van der Waals surface area contributed by atoms with Gasteiger partial charge in [0.1, 0.15) is 16.5 Å². The van der Waals surface area contributed by atoms with E-state index in [1.165, 1.54) is 11.3 Å². The van der Waals surface area contributed by atoms with E-state index in [9.17, 15) is 4.79 Å². The number of carbonyl (C=O) groups excluding carboxylic acids is 1. The van der Waals surface area contributed by atoms with Crippen molar-refractivity contribution in [3.8, 4) is 16.3 Å². The second kappa shape index (κ2) is 6.45. The molecule has 0 saturated carbocycles. The van der Waals surface area contributed by atoms with Gasteiger partial charge in [-0.1, -0.05) is 48.5 Å². The Kier molecular flexibility index (Phi) is 4.01. The van der Waals surface area contributed by atoms with E-state index in [2.05, 4.69) is 10.3 Å². The van der Waals surface area contributed by atoms with Gasteiger partial charge in [0.05, 0.1) is 12.6 Å². The molecule has 120 valence electrons. The van der Waals surface area contributed by atoms with Crippen LogP contribution >= 0.6 is 11.3 Å². The highest BCUT2D eigenvalue weighted by Gasteiger charge is 2.24. The molecule has 1 aliphatic heterocycles. The van der Waals surface area contributed by atoms with Crippen LogP contribution in [-0.2, 0) is 0 Å². The van der Waals surface area contributed by atoms with Crippen LogP contribution in [0.4, 0.5) is 0 Å². The standard InChI is InChI=1S/C19H16N2O2S/c22-18(16-12-24-19(21-16)13-6-2-1-3-7-13)20-15-10-11-23-17-9-5-4-8-14(15)17/h1-9,12,15H,10-11H2,(H,20,22). The van der Waals surface area contributed by atoms with Gasteiger partial charge in [0.2, 0.25) is 0 Å². The largest absolute Gasteiger partial charge is 0.493 e. The van der Waals surface area contributed by atoms with Crippen LogP contribution in [0, 0.1) is 0 Å². The SMILES string of the molecule is O=C(NC1CCOc2ccccc21)c1csc(-c2ccccc2)n1. The van der Waals surface area contributed by atoms with Gasteiger partial charge in [-0.25, -0.2) is 4.98 Å². The van der Waals surface area contributed by atoms with Gasteiger partial charge in [0.15, 0.2) is 0 Å². The Morgan fingerprint density at radius 3 is 2.79 bits per heavy atom. The predicted molar refractivity (Wildman–Crippen MR) is 94.3 cm³/mol. The molecule has 4 nitrogen and oxygen atoms in total. The summed E-state index contributed by atoms with van der Waals surface area (Å²) in [6.07, 6.45) is 0.762. The minimum Gasteiger partial charge on any atom is -0.493 e. The first-order valence-corrected chi connectivity index (χ1v) is 8.73. The predicted octanol–water partition coefficient (Wildman–Crippen LogP) is 4.06. The number of hydrogen-bond acceptors (Lipinski definition) is 4. The average Bonchev–Trinajstić information content (AvgIpc) is 3.13. The fourth-order valence-corrected chi connectivity index (χ4v) is 3.62. The van der Waals surface area contributed by atoms with Crippen molar-refractivity contribution in [3.05, 3.63) is 71.2 Å². The van der Waals surface area contributed by atoms with Crippen molar-refractivity contribution in [1.29, 1.82) is 0 Å². The maximum atomic E-state index is 12.6. The zero-order valence-corrected chi connectivity index (χ0v) is 13.8. The number of amides is 1. The smallest absolute Gasteiger partial charge is 0.271 e. The van der Waals surface area contributed by atoms with Crippen LogP contribution in [0.2, 0.25) is 0 Å². The number of ether oxygens (including phenoxy) is 1. The summed E-state index contributed by atoms with van der Waals surface area (Å²) in [5.74, 6) is 0.701. The highest BCUT2D eigenvalue weighted by atomic mass is 32.1. The van der Waals surface area contributed by atoms with E-state index in [-0.39, 0.29) is 11.9 Å². The number of nitrogens with zero attached hydrogens (tertiary/aromatic N) is 1. The monoisotopic (exact) mass is 336 g/mol. The minimum absolute atomic E-state index is 0.0377. The summed E-state index contributed by atoms with van der Waals surface area (Å²) in [4.78, 5) is 17.0. The van der Waals surface area contributed by atoms with E-state index >= 15 is 0 Å². The molecule has 3 aromatic rings. The molecule has 1 atom stereocenters. The lowest BCUT2D eigenvalue weighted by molar-refractivity contribution is 0.0920. The van der Waals surface area contributed by atoms with Gasteiger partial charge in [-0.05, 0) is 6.07 Å². The van der Waals surface area contributed by atoms with Crippen LogP contribution in [0.1, 0.15) is 28.5 Å². The molecule has 2 heterocycles. The molecular formula is C19H16N2O2S. The first-order valence-electron chi connectivity index (χ1n) is 7.85. The van der Waals surface area contributed by atoms with Crippen molar-refractivity contribution in [2.75, 3.05) is 6.61 Å². The summed E-state index contributed by atoms with van der Waals surface area (Å²) in [6, 6.07) is 17.7. The van der Waals surface area contributed by atoms with Crippen LogP contribution in [0.3, 0.4) is 0 Å². The Morgan fingerprint density at radius 2 is 1.92 bits per heavy atom. The normalized spacial score (nSPS) is 16.1. The third-order valence-electron chi connectivity index (χ3n) is 4.02. The number of nitrogens with one attached hydrogen (secondary N) is 1. The maximum Gasteiger partial charge on any atom is 0.271 e. The van der Waals surface area contributed by atoms with E-state index in [0.29, 0.717) is 12.3 Å². The van der Waals surface area contributed by atoms with Crippen LogP contribution in [-0.4, -0.2) is 17.5 Å². The molecule has 0 fully saturated rings. The first-order chi connectivity index (χ1) is 11.8. The van der Waals surface area contributed by atoms with Crippen molar-refractivity contribution in [2.24, 2.45) is 0 Å². The Balaban J connectivity index is 1.53. The first kappa shape index (κ1) is 14.9. The van der Waals surface area contributed by atoms with Gasteiger partial charge in [0.25, 0.3) is 5.91 Å². The zero-order chi connectivity index (χ0) is 16.4. The summed E-state index contributed by atoms with van der Waals surface area (Å²) in [5.41, 5.74) is 2.51. The van der Waals surface area contributed by atoms with Gasteiger partial charge in [0, 0.05) is 22.9 Å². The van der Waals surface area contributed by atoms with Crippen molar-refractivity contribution in [2.45, 2.75) is 12.5 Å². The lowest BCUT2D eigenvalue weighted by Gasteiger charge is -2.26. The molecule has 4 rings (SSSR count). The molecular weight excluding hydrogens is 320 g/mol. The third kappa shape index (κ3) is 2.90. The molecule has 24 heavy (non-hydrogen) atoms. The third-order valence-corrected chi connectivity index (χ3v) is 4.91. The van der Waals surface area contributed by atoms with Crippen LogP contribution in [0.25, 0.3) is 10.6 Å². The summed E-state index contributed by atoms with van der Waals surface area (Å²) < 4.78 is 5.64. The van der Waals surface area contributed by atoms with E-state index in [1.807, 2.05) is 60.0 Å². The Morgan fingerprint density at radius 1 is 1.12 bits per heavy atom. The van der Waals surface area contributed by atoms with Crippen molar-refractivity contribution < 1.29 is 9.53 Å². The second-order valence-corrected chi connectivity index (χ2v) is 6.46. The number of thiazole rings is 1. The fourth-order valence-electron chi connectivity index (χ4n) is 2.82. The van der Waals surface area contributed by atoms with Gasteiger partial charge in [-0.3, -0.25) is 4.79 Å². The van der Waals surface area contributed by atoms with Crippen molar-refractivity contribution in [3.63, 3.8) is 0 Å². The van der Waals surface area contributed by atoms with E-state index < -0.39 is 0 Å². The Hall–Kier alpha value is -2.66. The molecule has 5 heteroatoms. The topological polar surface area (TPSA) is 51.2 Å².